The van der Waals surface area contributed by atoms with Crippen LogP contribution in [-0.4, -0.2) is 5.91 Å². The maximum absolute atomic E-state index is 12.6. The van der Waals surface area contributed by atoms with Crippen molar-refractivity contribution in [3.8, 4) is 6.07 Å². The number of aryl methyl sites for hydroxylation is 1. The summed E-state index contributed by atoms with van der Waals surface area (Å²) in [5.41, 5.74) is 3.13. The van der Waals surface area contributed by atoms with Crippen LogP contribution in [0.1, 0.15) is 53.2 Å². The predicted octanol–water partition coefficient (Wildman–Crippen LogP) is 4.63. The summed E-state index contributed by atoms with van der Waals surface area (Å²) in [6, 6.07) is 12.6. The molecule has 1 aromatic heterocycles. The van der Waals surface area contributed by atoms with Crippen LogP contribution in [0.3, 0.4) is 0 Å². The van der Waals surface area contributed by atoms with Gasteiger partial charge in [0.25, 0.3) is 0 Å². The van der Waals surface area contributed by atoms with Crippen LogP contribution in [0, 0.1) is 17.2 Å². The van der Waals surface area contributed by atoms with Gasteiger partial charge in [0.1, 0.15) is 11.1 Å². The topological polar surface area (TPSA) is 52.9 Å². The Bertz CT molecular complexity index is 803. The van der Waals surface area contributed by atoms with E-state index in [2.05, 4.69) is 23.5 Å². The monoisotopic (exact) mass is 336 g/mol. The Kier molecular flexibility index (Phi) is 4.12. The molecule has 2 aliphatic rings. The van der Waals surface area contributed by atoms with Gasteiger partial charge in [-0.25, -0.2) is 0 Å². The molecule has 4 heteroatoms. The Hall–Kier alpha value is -2.12. The first-order valence-corrected chi connectivity index (χ1v) is 9.50. The highest BCUT2D eigenvalue weighted by atomic mass is 32.1. The molecule has 2 aromatic rings. The highest BCUT2D eigenvalue weighted by molar-refractivity contribution is 7.16. The second-order valence-electron chi connectivity index (χ2n) is 6.73. The van der Waals surface area contributed by atoms with E-state index in [0.29, 0.717) is 11.5 Å². The molecule has 0 saturated heterocycles. The van der Waals surface area contributed by atoms with Gasteiger partial charge in [0.2, 0.25) is 5.91 Å². The third-order valence-electron chi connectivity index (χ3n) is 5.12. The third kappa shape index (κ3) is 2.85. The Morgan fingerprint density at radius 2 is 1.96 bits per heavy atom. The van der Waals surface area contributed by atoms with Crippen molar-refractivity contribution in [2.75, 3.05) is 5.32 Å². The predicted molar refractivity (Wildman–Crippen MR) is 96.2 cm³/mol. The normalized spacial score (nSPS) is 22.1. The van der Waals surface area contributed by atoms with Crippen molar-refractivity contribution in [1.29, 1.82) is 5.26 Å². The first-order chi connectivity index (χ1) is 11.8. The lowest BCUT2D eigenvalue weighted by molar-refractivity contribution is -0.117. The van der Waals surface area contributed by atoms with Gasteiger partial charge in [-0.2, -0.15) is 5.26 Å². The molecule has 1 aromatic carbocycles. The summed E-state index contributed by atoms with van der Waals surface area (Å²) in [5.74, 6) is 0.437. The number of amides is 1. The molecule has 24 heavy (non-hydrogen) atoms. The molecule has 1 amide bonds. The van der Waals surface area contributed by atoms with Crippen LogP contribution in [0.2, 0.25) is 0 Å². The fourth-order valence-electron chi connectivity index (χ4n) is 3.71. The standard InChI is InChI=1S/C20H20N2OS/c21-12-17-14-9-5-2-6-10-18(14)24-20(17)22-19(23)16-11-15(16)13-7-3-1-4-8-13/h1,3-4,7-8,15-16H,2,5-6,9-11H2,(H,22,23). The van der Waals surface area contributed by atoms with Gasteiger partial charge >= 0.3 is 0 Å². The number of carbonyl (C=O) groups is 1. The number of anilines is 1. The van der Waals surface area contributed by atoms with Gasteiger partial charge in [0.05, 0.1) is 5.56 Å². The van der Waals surface area contributed by atoms with E-state index in [1.165, 1.54) is 28.8 Å². The quantitative estimate of drug-likeness (QED) is 0.831. The number of hydrogen-bond acceptors (Lipinski definition) is 3. The average molecular weight is 336 g/mol. The summed E-state index contributed by atoms with van der Waals surface area (Å²) in [5, 5.41) is 13.4. The molecule has 1 heterocycles. The zero-order chi connectivity index (χ0) is 16.5. The van der Waals surface area contributed by atoms with E-state index in [1.807, 2.05) is 18.2 Å². The van der Waals surface area contributed by atoms with Gasteiger partial charge in [-0.05, 0) is 49.1 Å². The van der Waals surface area contributed by atoms with Crippen molar-refractivity contribution in [2.45, 2.75) is 44.4 Å². The van der Waals surface area contributed by atoms with Gasteiger partial charge in [-0.3, -0.25) is 4.79 Å². The number of rotatable bonds is 3. The summed E-state index contributed by atoms with van der Waals surface area (Å²) in [4.78, 5) is 13.9. The molecule has 2 atom stereocenters. The van der Waals surface area contributed by atoms with Crippen LogP contribution in [-0.2, 0) is 17.6 Å². The number of nitrogens with zero attached hydrogens (tertiary/aromatic N) is 1. The Morgan fingerprint density at radius 1 is 1.17 bits per heavy atom. The van der Waals surface area contributed by atoms with Gasteiger partial charge in [-0.15, -0.1) is 11.3 Å². The number of fused-ring (bicyclic) bond motifs is 1. The number of benzene rings is 1. The first-order valence-electron chi connectivity index (χ1n) is 8.68. The van der Waals surface area contributed by atoms with E-state index < -0.39 is 0 Å². The summed E-state index contributed by atoms with van der Waals surface area (Å²) in [7, 11) is 0. The molecule has 4 rings (SSSR count). The van der Waals surface area contributed by atoms with Crippen LogP contribution in [0.5, 0.6) is 0 Å². The molecule has 122 valence electrons. The van der Waals surface area contributed by atoms with Crippen molar-refractivity contribution in [3.05, 3.63) is 51.9 Å². The minimum absolute atomic E-state index is 0.0425. The van der Waals surface area contributed by atoms with Gasteiger partial charge in [0.15, 0.2) is 0 Å². The Balaban J connectivity index is 1.50. The van der Waals surface area contributed by atoms with Crippen LogP contribution in [0.25, 0.3) is 0 Å². The lowest BCUT2D eigenvalue weighted by Crippen LogP contribution is -2.14. The fourth-order valence-corrected chi connectivity index (χ4v) is 4.95. The van der Waals surface area contributed by atoms with E-state index in [4.69, 9.17) is 0 Å². The van der Waals surface area contributed by atoms with E-state index in [-0.39, 0.29) is 11.8 Å². The highest BCUT2D eigenvalue weighted by Crippen LogP contribution is 2.48. The lowest BCUT2D eigenvalue weighted by Gasteiger charge is -2.04. The Labute approximate surface area is 146 Å². The minimum atomic E-state index is 0.0425. The first kappa shape index (κ1) is 15.4. The van der Waals surface area contributed by atoms with Gasteiger partial charge < -0.3 is 5.32 Å². The van der Waals surface area contributed by atoms with E-state index in [9.17, 15) is 10.1 Å². The molecule has 2 aliphatic carbocycles. The van der Waals surface area contributed by atoms with E-state index in [0.717, 1.165) is 30.7 Å². The van der Waals surface area contributed by atoms with Crippen molar-refractivity contribution >= 4 is 22.2 Å². The van der Waals surface area contributed by atoms with Crippen molar-refractivity contribution in [1.82, 2.24) is 0 Å². The summed E-state index contributed by atoms with van der Waals surface area (Å²) < 4.78 is 0. The summed E-state index contributed by atoms with van der Waals surface area (Å²) in [6.07, 6.45) is 6.48. The van der Waals surface area contributed by atoms with E-state index in [1.54, 1.807) is 11.3 Å². The van der Waals surface area contributed by atoms with Gasteiger partial charge in [-0.1, -0.05) is 36.8 Å². The molecule has 1 saturated carbocycles. The van der Waals surface area contributed by atoms with Gasteiger partial charge in [0, 0.05) is 10.8 Å². The number of nitrogens with one attached hydrogen (secondary N) is 1. The molecule has 1 N–H and O–H groups in total. The minimum Gasteiger partial charge on any atom is -0.316 e. The molecule has 0 radical (unpaired) electrons. The zero-order valence-corrected chi connectivity index (χ0v) is 14.4. The maximum Gasteiger partial charge on any atom is 0.228 e. The van der Waals surface area contributed by atoms with Crippen LogP contribution in [0.15, 0.2) is 30.3 Å². The summed E-state index contributed by atoms with van der Waals surface area (Å²) in [6.45, 7) is 0. The third-order valence-corrected chi connectivity index (χ3v) is 6.33. The number of hydrogen-bond donors (Lipinski definition) is 1. The molecule has 2 unspecified atom stereocenters. The number of nitriles is 1. The molecule has 3 nitrogen and oxygen atoms in total. The van der Waals surface area contributed by atoms with Crippen molar-refractivity contribution in [3.63, 3.8) is 0 Å². The second kappa shape index (κ2) is 6.41. The molecular weight excluding hydrogens is 316 g/mol. The maximum atomic E-state index is 12.6. The SMILES string of the molecule is N#Cc1c(NC(=O)C2CC2c2ccccc2)sc2c1CCCCC2. The number of carbonyl (C=O) groups excluding carboxylic acids is 1. The zero-order valence-electron chi connectivity index (χ0n) is 13.5. The fraction of sp³-hybridized carbons (Fsp3) is 0.400. The molecule has 1 fully saturated rings. The molecular formula is C20H20N2OS. The smallest absolute Gasteiger partial charge is 0.228 e. The average Bonchev–Trinajstić information content (AvgIpc) is 3.38. The number of thiophene rings is 1. The summed E-state index contributed by atoms with van der Waals surface area (Å²) >= 11 is 1.62. The van der Waals surface area contributed by atoms with Crippen molar-refractivity contribution < 1.29 is 4.79 Å². The highest BCUT2D eigenvalue weighted by Gasteiger charge is 2.44. The molecule has 0 spiro atoms. The second-order valence-corrected chi connectivity index (χ2v) is 7.83. The van der Waals surface area contributed by atoms with Crippen LogP contribution < -0.4 is 5.32 Å². The van der Waals surface area contributed by atoms with E-state index >= 15 is 0 Å². The molecule has 0 aliphatic heterocycles. The largest absolute Gasteiger partial charge is 0.316 e. The van der Waals surface area contributed by atoms with Crippen molar-refractivity contribution in [2.24, 2.45) is 5.92 Å². The Morgan fingerprint density at radius 3 is 2.75 bits per heavy atom. The van der Waals surface area contributed by atoms with Crippen LogP contribution >= 0.6 is 11.3 Å². The van der Waals surface area contributed by atoms with Crippen LogP contribution in [0.4, 0.5) is 5.00 Å². The molecule has 0 bridgehead atoms. The lowest BCUT2D eigenvalue weighted by atomic mass is 10.1.